The first-order valence-corrected chi connectivity index (χ1v) is 17.9. The number of esters is 1. The lowest BCUT2D eigenvalue weighted by atomic mass is 10.0. The summed E-state index contributed by atoms with van der Waals surface area (Å²) in [6.45, 7) is 6.52. The normalized spacial score (nSPS) is 17.8. The predicted octanol–water partition coefficient (Wildman–Crippen LogP) is 2.13. The third kappa shape index (κ3) is 14.7. The molecule has 14 nitrogen and oxygen atoms in total. The van der Waals surface area contributed by atoms with Crippen molar-refractivity contribution in [1.29, 1.82) is 0 Å². The average Bonchev–Trinajstić information content (AvgIpc) is 3.10. The molecule has 1 heterocycles. The van der Waals surface area contributed by atoms with Gasteiger partial charge in [0.2, 0.25) is 23.6 Å². The van der Waals surface area contributed by atoms with Crippen LogP contribution in [0.3, 0.4) is 0 Å². The molecule has 0 aromatic heterocycles. The van der Waals surface area contributed by atoms with Crippen LogP contribution < -0.4 is 31.3 Å². The molecule has 0 aliphatic carbocycles. The maximum atomic E-state index is 13.7. The van der Waals surface area contributed by atoms with Crippen LogP contribution >= 0.6 is 0 Å². The van der Waals surface area contributed by atoms with E-state index in [4.69, 9.17) is 9.47 Å². The van der Waals surface area contributed by atoms with Gasteiger partial charge in [-0.25, -0.2) is 4.79 Å². The van der Waals surface area contributed by atoms with E-state index >= 15 is 0 Å². The molecule has 6 N–H and O–H groups in total. The minimum atomic E-state index is -1.76. The van der Waals surface area contributed by atoms with Crippen molar-refractivity contribution in [3.05, 3.63) is 65.7 Å². The van der Waals surface area contributed by atoms with Gasteiger partial charge in [-0.15, -0.1) is 0 Å². The maximum absolute atomic E-state index is 13.7. The molecule has 1 aliphatic rings. The number of aliphatic hydroxyl groups is 1. The highest BCUT2D eigenvalue weighted by atomic mass is 16.6. The average molecular weight is 724 g/mol. The van der Waals surface area contributed by atoms with Gasteiger partial charge in [-0.05, 0) is 63.3 Å². The Morgan fingerprint density at radius 2 is 1.69 bits per heavy atom. The number of amides is 5. The second-order valence-electron chi connectivity index (χ2n) is 13.8. The minimum absolute atomic E-state index is 0.0598. The van der Waals surface area contributed by atoms with E-state index in [2.05, 4.69) is 26.6 Å². The highest BCUT2D eigenvalue weighted by Gasteiger charge is 2.32. The molecular formula is C38H53N5O9. The summed E-state index contributed by atoms with van der Waals surface area (Å²) in [6, 6.07) is 12.3. The van der Waals surface area contributed by atoms with E-state index < -0.39 is 66.0 Å². The predicted molar refractivity (Wildman–Crippen MR) is 193 cm³/mol. The summed E-state index contributed by atoms with van der Waals surface area (Å²) in [5.41, 5.74) is 0.367. The molecule has 14 heteroatoms. The number of rotatable bonds is 11. The molecule has 4 atom stereocenters. The fourth-order valence-corrected chi connectivity index (χ4v) is 5.51. The number of nitrogens with one attached hydrogen (secondary N) is 5. The third-order valence-corrected chi connectivity index (χ3v) is 8.08. The van der Waals surface area contributed by atoms with E-state index in [0.29, 0.717) is 36.3 Å². The van der Waals surface area contributed by atoms with Gasteiger partial charge in [0.25, 0.3) is 5.91 Å². The number of carbonyl (C=O) groups is 6. The molecule has 0 saturated heterocycles. The van der Waals surface area contributed by atoms with Gasteiger partial charge in [0, 0.05) is 12.8 Å². The molecule has 0 fully saturated rings. The Hall–Kier alpha value is -4.98. The number of aliphatic hydroxyl groups excluding tert-OH is 1. The molecule has 1 aliphatic heterocycles. The zero-order valence-corrected chi connectivity index (χ0v) is 30.5. The molecule has 0 radical (unpaired) electrons. The van der Waals surface area contributed by atoms with Crippen LogP contribution in [0.5, 0.6) is 5.75 Å². The molecule has 52 heavy (non-hydrogen) atoms. The summed E-state index contributed by atoms with van der Waals surface area (Å²) in [6.07, 6.45) is 2.49. The smallest absolute Gasteiger partial charge is 0.333 e. The Balaban J connectivity index is 1.69. The third-order valence-electron chi connectivity index (χ3n) is 8.08. The van der Waals surface area contributed by atoms with Crippen molar-refractivity contribution in [2.75, 3.05) is 19.7 Å². The lowest BCUT2D eigenvalue weighted by molar-refractivity contribution is -0.158. The molecule has 5 amide bonds. The van der Waals surface area contributed by atoms with Gasteiger partial charge in [-0.3, -0.25) is 24.0 Å². The summed E-state index contributed by atoms with van der Waals surface area (Å²) in [5, 5.41) is 24.0. The quantitative estimate of drug-likeness (QED) is 0.188. The van der Waals surface area contributed by atoms with Gasteiger partial charge in [-0.2, -0.15) is 0 Å². The van der Waals surface area contributed by atoms with Crippen molar-refractivity contribution in [1.82, 2.24) is 26.6 Å². The van der Waals surface area contributed by atoms with Crippen molar-refractivity contribution >= 4 is 35.5 Å². The van der Waals surface area contributed by atoms with Crippen LogP contribution in [0.4, 0.5) is 0 Å². The molecular weight excluding hydrogens is 670 g/mol. The van der Waals surface area contributed by atoms with Crippen molar-refractivity contribution in [3.63, 3.8) is 0 Å². The van der Waals surface area contributed by atoms with Gasteiger partial charge in [-0.1, -0.05) is 68.7 Å². The van der Waals surface area contributed by atoms with E-state index in [1.807, 2.05) is 6.92 Å². The Morgan fingerprint density at radius 1 is 0.962 bits per heavy atom. The number of hydrogen-bond donors (Lipinski definition) is 6. The Labute approximate surface area is 305 Å². The molecule has 2 bridgehead atoms. The molecule has 3 rings (SSSR count). The van der Waals surface area contributed by atoms with Crippen LogP contribution in [-0.2, 0) is 39.9 Å². The first-order valence-electron chi connectivity index (χ1n) is 17.9. The topological polar surface area (TPSA) is 201 Å². The second-order valence-corrected chi connectivity index (χ2v) is 13.8. The number of benzene rings is 2. The number of carbonyl (C=O) groups excluding carboxylic acids is 6. The van der Waals surface area contributed by atoms with Crippen LogP contribution in [0.15, 0.2) is 54.6 Å². The zero-order chi connectivity index (χ0) is 38.1. The van der Waals surface area contributed by atoms with Crippen molar-refractivity contribution in [3.8, 4) is 5.75 Å². The lowest BCUT2D eigenvalue weighted by Crippen LogP contribution is -2.57. The maximum Gasteiger partial charge on any atom is 0.333 e. The van der Waals surface area contributed by atoms with Crippen LogP contribution in [-0.4, -0.2) is 84.1 Å². The summed E-state index contributed by atoms with van der Waals surface area (Å²) >= 11 is 0. The van der Waals surface area contributed by atoms with Gasteiger partial charge in [0.1, 0.15) is 17.4 Å². The minimum Gasteiger partial charge on any atom is -0.494 e. The van der Waals surface area contributed by atoms with Crippen molar-refractivity contribution < 1.29 is 43.3 Å². The van der Waals surface area contributed by atoms with Gasteiger partial charge >= 0.3 is 5.97 Å². The summed E-state index contributed by atoms with van der Waals surface area (Å²) < 4.78 is 11.4. The Bertz CT molecular complexity index is 1510. The lowest BCUT2D eigenvalue weighted by Gasteiger charge is -2.27. The van der Waals surface area contributed by atoms with E-state index in [1.165, 1.54) is 0 Å². The van der Waals surface area contributed by atoms with E-state index in [-0.39, 0.29) is 31.7 Å². The molecule has 284 valence electrons. The molecule has 0 spiro atoms. The summed E-state index contributed by atoms with van der Waals surface area (Å²) in [5.74, 6) is -3.21. The van der Waals surface area contributed by atoms with Crippen LogP contribution in [0, 0.1) is 0 Å². The monoisotopic (exact) mass is 723 g/mol. The van der Waals surface area contributed by atoms with Crippen LogP contribution in [0.25, 0.3) is 0 Å². The van der Waals surface area contributed by atoms with E-state index in [9.17, 15) is 33.9 Å². The highest BCUT2D eigenvalue weighted by molar-refractivity contribution is 5.92. The Kier molecular flexibility index (Phi) is 16.5. The van der Waals surface area contributed by atoms with E-state index in [0.717, 1.165) is 19.3 Å². The largest absolute Gasteiger partial charge is 0.494 e. The van der Waals surface area contributed by atoms with Crippen LogP contribution in [0.1, 0.15) is 89.8 Å². The van der Waals surface area contributed by atoms with Gasteiger partial charge < -0.3 is 41.2 Å². The molecule has 0 saturated carbocycles. The fraction of sp³-hybridized carbons (Fsp3) is 0.526. The number of fused-ring (bicyclic) bond motifs is 2. The van der Waals surface area contributed by atoms with Crippen molar-refractivity contribution in [2.24, 2.45) is 0 Å². The van der Waals surface area contributed by atoms with E-state index in [1.54, 1.807) is 75.4 Å². The summed E-state index contributed by atoms with van der Waals surface area (Å²) in [4.78, 5) is 77.8. The first-order chi connectivity index (χ1) is 24.8. The molecule has 4 unspecified atom stereocenters. The first kappa shape index (κ1) is 41.4. The van der Waals surface area contributed by atoms with Crippen molar-refractivity contribution in [2.45, 2.75) is 109 Å². The summed E-state index contributed by atoms with van der Waals surface area (Å²) in [7, 11) is 0. The number of ether oxygens (including phenoxy) is 2. The second kappa shape index (κ2) is 20.8. The number of hydrogen-bond acceptors (Lipinski definition) is 9. The standard InChI is InChI=1S/C38H53N5O9/c1-5-14-28(34(47)36(49)40-24-32(46)43-33(26-16-9-8-10-17-26)37(50)52-38(2,3)4)42-35(48)29-22-25-15-13-18-27(21-25)51-20-12-7-6-11-19-30(44)39-23-31(45)41-29/h8-10,13,15-18,21,28-29,33-34,47H,5-7,11-12,14,19-20,22-24H2,1-4H3,(H,39,44)(H,40,49)(H,41,45)(H,42,48)(H,43,46). The van der Waals surface area contributed by atoms with Gasteiger partial charge in [0.05, 0.1) is 25.7 Å². The zero-order valence-electron chi connectivity index (χ0n) is 30.5. The molecule has 2 aromatic carbocycles. The SMILES string of the molecule is CCCC(NC(=O)C1Cc2cccc(c2)OCCCCCCC(=O)NCC(=O)N1)C(O)C(=O)NCC(=O)NC(C(=O)OC(C)(C)C)c1ccccc1. The molecule has 2 aromatic rings. The Morgan fingerprint density at radius 3 is 2.40 bits per heavy atom. The fourth-order valence-electron chi connectivity index (χ4n) is 5.51. The van der Waals surface area contributed by atoms with Gasteiger partial charge in [0.15, 0.2) is 12.1 Å². The highest BCUT2D eigenvalue weighted by Crippen LogP contribution is 2.19. The van der Waals surface area contributed by atoms with Crippen LogP contribution in [0.2, 0.25) is 0 Å².